The van der Waals surface area contributed by atoms with Crippen molar-refractivity contribution in [2.24, 2.45) is 17.8 Å². The predicted molar refractivity (Wildman–Crippen MR) is 147 cm³/mol. The first kappa shape index (κ1) is 24.1. The first-order valence-corrected chi connectivity index (χ1v) is 13.5. The molecule has 0 aliphatic heterocycles. The van der Waals surface area contributed by atoms with E-state index in [1.165, 1.54) is 51.2 Å². The number of halogens is 1. The quantitative estimate of drug-likeness (QED) is 0.332. The molecule has 4 aliphatic carbocycles. The zero-order chi connectivity index (χ0) is 25.6. The maximum atomic E-state index is 12.8. The summed E-state index contributed by atoms with van der Waals surface area (Å²) < 4.78 is 4.80. The van der Waals surface area contributed by atoms with Gasteiger partial charge in [0.1, 0.15) is 0 Å². The van der Waals surface area contributed by atoms with Crippen molar-refractivity contribution < 1.29 is 14.3 Å². The minimum Gasteiger partial charge on any atom is -0.465 e. The Hall–Kier alpha value is -3.31. The summed E-state index contributed by atoms with van der Waals surface area (Å²) in [5, 5.41) is 6.93. The van der Waals surface area contributed by atoms with Crippen molar-refractivity contribution in [1.29, 1.82) is 0 Å². The van der Waals surface area contributed by atoms with Gasteiger partial charge in [-0.05, 0) is 116 Å². The zero-order valence-electron chi connectivity index (χ0n) is 20.9. The maximum absolute atomic E-state index is 12.8. The predicted octanol–water partition coefficient (Wildman–Crippen LogP) is 7.59. The summed E-state index contributed by atoms with van der Waals surface area (Å²) in [6.45, 7) is 0. The van der Waals surface area contributed by atoms with E-state index in [0.29, 0.717) is 22.2 Å². The highest BCUT2D eigenvalue weighted by Crippen LogP contribution is 2.61. The third-order valence-electron chi connectivity index (χ3n) is 8.63. The van der Waals surface area contributed by atoms with Gasteiger partial charge in [0.15, 0.2) is 0 Å². The normalized spacial score (nSPS) is 25.5. The largest absolute Gasteiger partial charge is 0.465 e. The molecule has 4 aliphatic rings. The minimum atomic E-state index is -0.499. The number of para-hydroxylation sites is 1. The van der Waals surface area contributed by atoms with Gasteiger partial charge in [0.2, 0.25) is 0 Å². The van der Waals surface area contributed by atoms with E-state index >= 15 is 0 Å². The van der Waals surface area contributed by atoms with Crippen LogP contribution in [0.1, 0.15) is 64.8 Å². The van der Waals surface area contributed by atoms with Crippen LogP contribution in [-0.2, 0) is 10.2 Å². The summed E-state index contributed by atoms with van der Waals surface area (Å²) in [5.41, 5.74) is 4.62. The molecule has 4 saturated carbocycles. The Morgan fingerprint density at radius 2 is 1.51 bits per heavy atom. The number of nitrogens with one attached hydrogen (secondary N) is 2. The Labute approximate surface area is 222 Å². The number of ether oxygens (including phenoxy) is 1. The number of hydrogen-bond donors (Lipinski definition) is 2. The number of esters is 1. The molecule has 4 bridgehead atoms. The molecule has 3 aromatic rings. The van der Waals surface area contributed by atoms with Crippen molar-refractivity contribution in [3.63, 3.8) is 0 Å². The molecule has 4 fully saturated rings. The number of benzene rings is 3. The highest BCUT2D eigenvalue weighted by molar-refractivity contribution is 6.33. The highest BCUT2D eigenvalue weighted by atomic mass is 35.5. The molecule has 6 heteroatoms. The lowest BCUT2D eigenvalue weighted by atomic mass is 9.48. The summed E-state index contributed by atoms with van der Waals surface area (Å²) in [6.07, 6.45) is 8.23. The van der Waals surface area contributed by atoms with E-state index in [0.717, 1.165) is 34.2 Å². The molecule has 7 rings (SSSR count). The summed E-state index contributed by atoms with van der Waals surface area (Å²) in [5.74, 6) is 1.88. The lowest BCUT2D eigenvalue weighted by Crippen LogP contribution is -2.48. The SMILES string of the molecule is COC(=O)c1ccccc1NC(=O)c1ccc(Nc2ccc(C34CC5CC(CC(C5)C3)C4)cc2Cl)cc1. The van der Waals surface area contributed by atoms with Crippen molar-refractivity contribution in [2.75, 3.05) is 17.7 Å². The molecule has 5 nitrogen and oxygen atoms in total. The fraction of sp³-hybridized carbons (Fsp3) is 0.355. The molecule has 0 unspecified atom stereocenters. The summed E-state index contributed by atoms with van der Waals surface area (Å²) >= 11 is 6.78. The van der Waals surface area contributed by atoms with Gasteiger partial charge in [-0.2, -0.15) is 0 Å². The van der Waals surface area contributed by atoms with Crippen molar-refractivity contribution in [1.82, 2.24) is 0 Å². The Kier molecular flexibility index (Phi) is 6.20. The van der Waals surface area contributed by atoms with Gasteiger partial charge >= 0.3 is 5.97 Å². The fourth-order valence-electron chi connectivity index (χ4n) is 7.35. The Morgan fingerprint density at radius 1 is 0.865 bits per heavy atom. The monoisotopic (exact) mass is 514 g/mol. The molecular formula is C31H31ClN2O3. The number of anilines is 3. The van der Waals surface area contributed by atoms with Crippen LogP contribution in [-0.4, -0.2) is 19.0 Å². The van der Waals surface area contributed by atoms with Crippen LogP contribution in [0.15, 0.2) is 66.7 Å². The first-order valence-electron chi connectivity index (χ1n) is 13.1. The van der Waals surface area contributed by atoms with Gasteiger partial charge in [0.05, 0.1) is 29.1 Å². The van der Waals surface area contributed by atoms with E-state index in [9.17, 15) is 9.59 Å². The number of methoxy groups -OCH3 is 1. The van der Waals surface area contributed by atoms with Gasteiger partial charge in [0.25, 0.3) is 5.91 Å². The van der Waals surface area contributed by atoms with Crippen molar-refractivity contribution >= 4 is 40.5 Å². The topological polar surface area (TPSA) is 67.4 Å². The molecule has 2 N–H and O–H groups in total. The molecule has 0 saturated heterocycles. The van der Waals surface area contributed by atoms with E-state index in [4.69, 9.17) is 16.3 Å². The smallest absolute Gasteiger partial charge is 0.339 e. The lowest BCUT2D eigenvalue weighted by Gasteiger charge is -2.57. The van der Waals surface area contributed by atoms with Gasteiger partial charge in [-0.1, -0.05) is 29.8 Å². The number of hydrogen-bond acceptors (Lipinski definition) is 4. The first-order chi connectivity index (χ1) is 17.9. The molecule has 0 radical (unpaired) electrons. The summed E-state index contributed by atoms with van der Waals surface area (Å²) in [6, 6.07) is 20.5. The Balaban J connectivity index is 1.14. The Morgan fingerprint density at radius 3 is 2.14 bits per heavy atom. The van der Waals surface area contributed by atoms with Crippen LogP contribution >= 0.6 is 11.6 Å². The summed E-state index contributed by atoms with van der Waals surface area (Å²) in [7, 11) is 1.32. The van der Waals surface area contributed by atoms with E-state index in [-0.39, 0.29) is 5.91 Å². The lowest BCUT2D eigenvalue weighted by molar-refractivity contribution is -0.00518. The molecule has 0 heterocycles. The molecule has 0 spiro atoms. The number of amides is 1. The van der Waals surface area contributed by atoms with Crippen LogP contribution in [0.25, 0.3) is 0 Å². The van der Waals surface area contributed by atoms with Crippen LogP contribution in [0.4, 0.5) is 17.1 Å². The third kappa shape index (κ3) is 4.61. The standard InChI is InChI=1S/C31H31ClN2O3/c1-37-30(36)25-4-2-3-5-27(25)34-29(35)22-6-9-24(10-7-22)33-28-11-8-23(15-26(28)32)31-16-19-12-20(17-31)14-21(13-19)18-31/h2-11,15,19-21,33H,12-14,16-18H2,1H3,(H,34,35). The second-order valence-corrected chi connectivity index (χ2v) is 11.5. The van der Waals surface area contributed by atoms with Crippen molar-refractivity contribution in [2.45, 2.75) is 43.9 Å². The van der Waals surface area contributed by atoms with Gasteiger partial charge in [-0.25, -0.2) is 4.79 Å². The molecule has 37 heavy (non-hydrogen) atoms. The number of carbonyl (C=O) groups is 2. The molecule has 0 aromatic heterocycles. The van der Waals surface area contributed by atoms with Gasteiger partial charge in [-0.15, -0.1) is 0 Å². The van der Waals surface area contributed by atoms with Gasteiger partial charge < -0.3 is 15.4 Å². The minimum absolute atomic E-state index is 0.305. The van der Waals surface area contributed by atoms with Crippen LogP contribution in [0.2, 0.25) is 5.02 Å². The van der Waals surface area contributed by atoms with E-state index in [1.807, 2.05) is 12.1 Å². The number of rotatable bonds is 6. The third-order valence-corrected chi connectivity index (χ3v) is 8.94. The van der Waals surface area contributed by atoms with Crippen molar-refractivity contribution in [3.05, 3.63) is 88.4 Å². The molecule has 0 atom stereocenters. The zero-order valence-corrected chi connectivity index (χ0v) is 21.7. The molecule has 190 valence electrons. The second kappa shape index (κ2) is 9.53. The van der Waals surface area contributed by atoms with Crippen LogP contribution in [0.5, 0.6) is 0 Å². The van der Waals surface area contributed by atoms with Crippen LogP contribution < -0.4 is 10.6 Å². The average molecular weight is 515 g/mol. The molecule has 1 amide bonds. The van der Waals surface area contributed by atoms with E-state index in [2.05, 4.69) is 28.8 Å². The molecular weight excluding hydrogens is 484 g/mol. The van der Waals surface area contributed by atoms with Gasteiger partial charge in [-0.3, -0.25) is 4.79 Å². The fourth-order valence-corrected chi connectivity index (χ4v) is 7.57. The Bertz CT molecular complexity index is 1320. The average Bonchev–Trinajstić information content (AvgIpc) is 2.89. The highest BCUT2D eigenvalue weighted by Gasteiger charge is 2.51. The van der Waals surface area contributed by atoms with E-state index in [1.54, 1.807) is 36.4 Å². The van der Waals surface area contributed by atoms with E-state index < -0.39 is 5.97 Å². The van der Waals surface area contributed by atoms with Crippen LogP contribution in [0, 0.1) is 17.8 Å². The van der Waals surface area contributed by atoms with Crippen molar-refractivity contribution in [3.8, 4) is 0 Å². The van der Waals surface area contributed by atoms with Gasteiger partial charge in [0, 0.05) is 11.3 Å². The number of carbonyl (C=O) groups excluding carboxylic acids is 2. The maximum Gasteiger partial charge on any atom is 0.339 e. The second-order valence-electron chi connectivity index (χ2n) is 11.1. The molecule has 3 aromatic carbocycles. The summed E-state index contributed by atoms with van der Waals surface area (Å²) in [4.78, 5) is 24.8. The van der Waals surface area contributed by atoms with Crippen LogP contribution in [0.3, 0.4) is 0 Å².